The molecule has 1 saturated carbocycles. The van der Waals surface area contributed by atoms with Gasteiger partial charge < -0.3 is 5.32 Å². The van der Waals surface area contributed by atoms with Gasteiger partial charge in [-0.05, 0) is 51.6 Å². The van der Waals surface area contributed by atoms with E-state index in [1.807, 2.05) is 0 Å². The molecule has 1 atom stereocenters. The van der Waals surface area contributed by atoms with E-state index < -0.39 is 0 Å². The van der Waals surface area contributed by atoms with Crippen LogP contribution < -0.4 is 5.32 Å². The molecular formula is C14H30N2. The van der Waals surface area contributed by atoms with Crippen molar-refractivity contribution in [3.05, 3.63) is 0 Å². The predicted molar refractivity (Wildman–Crippen MR) is 71.8 cm³/mol. The van der Waals surface area contributed by atoms with Crippen molar-refractivity contribution in [2.75, 3.05) is 19.6 Å². The molecule has 16 heavy (non-hydrogen) atoms. The zero-order valence-corrected chi connectivity index (χ0v) is 11.6. The van der Waals surface area contributed by atoms with Crippen LogP contribution in [0.2, 0.25) is 0 Å². The highest BCUT2D eigenvalue weighted by molar-refractivity contribution is 4.87. The molecule has 1 unspecified atom stereocenters. The van der Waals surface area contributed by atoms with Gasteiger partial charge in [0.1, 0.15) is 0 Å². The molecular weight excluding hydrogens is 196 g/mol. The molecule has 96 valence electrons. The van der Waals surface area contributed by atoms with Gasteiger partial charge in [-0.3, -0.25) is 4.90 Å². The fourth-order valence-corrected chi connectivity index (χ4v) is 2.25. The van der Waals surface area contributed by atoms with Crippen molar-refractivity contribution in [2.45, 2.75) is 65.5 Å². The lowest BCUT2D eigenvalue weighted by molar-refractivity contribution is 0.194. The Bertz CT molecular complexity index is 176. The molecule has 1 rings (SSSR count). The predicted octanol–water partition coefficient (Wildman–Crippen LogP) is 2.89. The van der Waals surface area contributed by atoms with Gasteiger partial charge in [-0.1, -0.05) is 20.8 Å². The van der Waals surface area contributed by atoms with Crippen LogP contribution in [0.1, 0.15) is 53.4 Å². The van der Waals surface area contributed by atoms with E-state index in [9.17, 15) is 0 Å². The van der Waals surface area contributed by atoms with E-state index in [1.54, 1.807) is 0 Å². The molecule has 0 saturated heterocycles. The van der Waals surface area contributed by atoms with E-state index in [0.717, 1.165) is 18.5 Å². The maximum absolute atomic E-state index is 3.60. The fraction of sp³-hybridized carbons (Fsp3) is 1.00. The average Bonchev–Trinajstić information content (AvgIpc) is 3.04. The monoisotopic (exact) mass is 226 g/mol. The Morgan fingerprint density at radius 3 is 2.44 bits per heavy atom. The standard InChI is InChI=1S/C14H30N2/c1-5-10-16(14-6-7-14)13(4)11-15-9-8-12(2)3/h12-15H,5-11H2,1-4H3. The highest BCUT2D eigenvalue weighted by Gasteiger charge is 2.31. The fourth-order valence-electron chi connectivity index (χ4n) is 2.25. The average molecular weight is 226 g/mol. The van der Waals surface area contributed by atoms with Gasteiger partial charge in [0, 0.05) is 18.6 Å². The third-order valence-corrected chi connectivity index (χ3v) is 3.40. The summed E-state index contributed by atoms with van der Waals surface area (Å²) in [6.07, 6.45) is 5.43. The maximum atomic E-state index is 3.60. The van der Waals surface area contributed by atoms with Crippen LogP contribution in [0.15, 0.2) is 0 Å². The summed E-state index contributed by atoms with van der Waals surface area (Å²) in [5, 5.41) is 3.60. The van der Waals surface area contributed by atoms with Gasteiger partial charge in [-0.25, -0.2) is 0 Å². The van der Waals surface area contributed by atoms with E-state index in [2.05, 4.69) is 37.9 Å². The molecule has 0 amide bonds. The Kier molecular flexibility index (Phi) is 6.37. The summed E-state index contributed by atoms with van der Waals surface area (Å²) >= 11 is 0. The number of hydrogen-bond acceptors (Lipinski definition) is 2. The van der Waals surface area contributed by atoms with E-state index in [1.165, 1.54) is 38.8 Å². The van der Waals surface area contributed by atoms with Crippen LogP contribution in [-0.2, 0) is 0 Å². The van der Waals surface area contributed by atoms with Crippen molar-refractivity contribution < 1.29 is 0 Å². The molecule has 0 aromatic heterocycles. The van der Waals surface area contributed by atoms with Crippen LogP contribution in [0, 0.1) is 5.92 Å². The van der Waals surface area contributed by atoms with Gasteiger partial charge in [0.15, 0.2) is 0 Å². The molecule has 0 heterocycles. The highest BCUT2D eigenvalue weighted by Crippen LogP contribution is 2.28. The zero-order chi connectivity index (χ0) is 12.0. The minimum atomic E-state index is 0.708. The van der Waals surface area contributed by atoms with Crippen molar-refractivity contribution >= 4 is 0 Å². The van der Waals surface area contributed by atoms with Gasteiger partial charge in [0.05, 0.1) is 0 Å². The topological polar surface area (TPSA) is 15.3 Å². The first kappa shape index (κ1) is 14.0. The summed E-state index contributed by atoms with van der Waals surface area (Å²) in [6.45, 7) is 12.8. The van der Waals surface area contributed by atoms with Gasteiger partial charge in [-0.15, -0.1) is 0 Å². The first-order valence-electron chi connectivity index (χ1n) is 7.11. The van der Waals surface area contributed by atoms with Crippen molar-refractivity contribution in [1.29, 1.82) is 0 Å². The molecule has 0 aliphatic heterocycles. The summed E-state index contributed by atoms with van der Waals surface area (Å²) in [5.74, 6) is 0.818. The second kappa shape index (κ2) is 7.29. The number of nitrogens with one attached hydrogen (secondary N) is 1. The SMILES string of the molecule is CCCN(C(C)CNCCC(C)C)C1CC1. The lowest BCUT2D eigenvalue weighted by atomic mass is 10.1. The first-order valence-corrected chi connectivity index (χ1v) is 7.11. The summed E-state index contributed by atoms with van der Waals surface area (Å²) < 4.78 is 0. The molecule has 1 fully saturated rings. The second-order valence-corrected chi connectivity index (χ2v) is 5.70. The zero-order valence-electron chi connectivity index (χ0n) is 11.6. The molecule has 1 aliphatic rings. The first-order chi connectivity index (χ1) is 7.65. The number of hydrogen-bond donors (Lipinski definition) is 1. The summed E-state index contributed by atoms with van der Waals surface area (Å²) in [4.78, 5) is 2.70. The number of nitrogens with zero attached hydrogens (tertiary/aromatic N) is 1. The van der Waals surface area contributed by atoms with Gasteiger partial charge in [0.25, 0.3) is 0 Å². The van der Waals surface area contributed by atoms with Crippen LogP contribution in [0.4, 0.5) is 0 Å². The number of rotatable bonds is 9. The van der Waals surface area contributed by atoms with Crippen LogP contribution >= 0.6 is 0 Å². The Morgan fingerprint density at radius 1 is 1.25 bits per heavy atom. The van der Waals surface area contributed by atoms with Crippen molar-refractivity contribution in [3.63, 3.8) is 0 Å². The maximum Gasteiger partial charge on any atom is 0.0195 e. The Balaban J connectivity index is 2.13. The van der Waals surface area contributed by atoms with E-state index in [0.29, 0.717) is 6.04 Å². The van der Waals surface area contributed by atoms with Crippen LogP contribution in [-0.4, -0.2) is 36.6 Å². The van der Waals surface area contributed by atoms with E-state index in [4.69, 9.17) is 0 Å². The van der Waals surface area contributed by atoms with Crippen LogP contribution in [0.25, 0.3) is 0 Å². The minimum Gasteiger partial charge on any atom is -0.315 e. The molecule has 1 N–H and O–H groups in total. The molecule has 1 aliphatic carbocycles. The van der Waals surface area contributed by atoms with Crippen LogP contribution in [0.5, 0.6) is 0 Å². The third-order valence-electron chi connectivity index (χ3n) is 3.40. The van der Waals surface area contributed by atoms with Gasteiger partial charge in [0.2, 0.25) is 0 Å². The molecule has 2 nitrogen and oxygen atoms in total. The Hall–Kier alpha value is -0.0800. The highest BCUT2D eigenvalue weighted by atomic mass is 15.2. The summed E-state index contributed by atoms with van der Waals surface area (Å²) in [7, 11) is 0. The molecule has 0 bridgehead atoms. The second-order valence-electron chi connectivity index (χ2n) is 5.70. The summed E-state index contributed by atoms with van der Waals surface area (Å²) in [5.41, 5.74) is 0. The third kappa shape index (κ3) is 5.31. The van der Waals surface area contributed by atoms with Crippen molar-refractivity contribution in [3.8, 4) is 0 Å². The van der Waals surface area contributed by atoms with E-state index >= 15 is 0 Å². The molecule has 2 heteroatoms. The lowest BCUT2D eigenvalue weighted by Gasteiger charge is -2.29. The Labute approximate surface area is 102 Å². The minimum absolute atomic E-state index is 0.708. The Morgan fingerprint density at radius 2 is 1.94 bits per heavy atom. The van der Waals surface area contributed by atoms with Gasteiger partial charge >= 0.3 is 0 Å². The largest absolute Gasteiger partial charge is 0.315 e. The van der Waals surface area contributed by atoms with Crippen molar-refractivity contribution in [2.24, 2.45) is 5.92 Å². The van der Waals surface area contributed by atoms with Crippen LogP contribution in [0.3, 0.4) is 0 Å². The van der Waals surface area contributed by atoms with E-state index in [-0.39, 0.29) is 0 Å². The molecule has 0 aromatic rings. The normalized spacial score (nSPS) is 18.4. The molecule has 0 radical (unpaired) electrons. The van der Waals surface area contributed by atoms with Crippen molar-refractivity contribution in [1.82, 2.24) is 10.2 Å². The summed E-state index contributed by atoms with van der Waals surface area (Å²) in [6, 6.07) is 1.61. The lowest BCUT2D eigenvalue weighted by Crippen LogP contribution is -2.42. The smallest absolute Gasteiger partial charge is 0.0195 e. The molecule has 0 spiro atoms. The molecule has 0 aromatic carbocycles. The van der Waals surface area contributed by atoms with Gasteiger partial charge in [-0.2, -0.15) is 0 Å². The quantitative estimate of drug-likeness (QED) is 0.608.